The molecule has 336 valence electrons. The van der Waals surface area contributed by atoms with Crippen molar-refractivity contribution in [3.63, 3.8) is 0 Å². The average Bonchev–Trinajstić information content (AvgIpc) is 4.02. The number of Topliss-reactive ketones (excluding diaryl/α,β-unsaturated/α-hetero) is 1. The number of para-hydroxylation sites is 1. The molecule has 0 amide bonds. The van der Waals surface area contributed by atoms with E-state index in [9.17, 15) is 25.1 Å². The van der Waals surface area contributed by atoms with Gasteiger partial charge in [0, 0.05) is 68.0 Å². The van der Waals surface area contributed by atoms with E-state index >= 15 is 0 Å². The van der Waals surface area contributed by atoms with E-state index in [2.05, 4.69) is 99.5 Å². The summed E-state index contributed by atoms with van der Waals surface area (Å²) in [7, 11) is 3.24. The van der Waals surface area contributed by atoms with E-state index in [1.807, 2.05) is 18.2 Å². The van der Waals surface area contributed by atoms with Crippen molar-refractivity contribution >= 4 is 77.8 Å². The average molecular weight is 908 g/mol. The van der Waals surface area contributed by atoms with Crippen molar-refractivity contribution in [2.24, 2.45) is 0 Å². The fourth-order valence-corrected chi connectivity index (χ4v) is 12.2. The molecule has 1 aliphatic carbocycles. The van der Waals surface area contributed by atoms with Crippen LogP contribution in [0, 0.1) is 11.3 Å². The van der Waals surface area contributed by atoms with Crippen LogP contribution in [0.4, 0.5) is 11.4 Å². The predicted octanol–water partition coefficient (Wildman–Crippen LogP) is 12.0. The Morgan fingerprint density at radius 1 is 0.862 bits per heavy atom. The number of nitriles is 1. The summed E-state index contributed by atoms with van der Waals surface area (Å²) >= 11 is 2.91. The van der Waals surface area contributed by atoms with Crippen molar-refractivity contribution in [2.45, 2.75) is 104 Å². The molecule has 5 aromatic rings. The van der Waals surface area contributed by atoms with Crippen LogP contribution in [-0.2, 0) is 20.4 Å². The summed E-state index contributed by atoms with van der Waals surface area (Å²) in [6.45, 7) is 14.9. The lowest BCUT2D eigenvalue weighted by Crippen LogP contribution is -2.32. The fraction of sp³-hybridized carbons (Fsp3) is 0.370. The number of carboxylic acid groups (broad SMARTS) is 1. The van der Waals surface area contributed by atoms with Crippen LogP contribution < -0.4 is 19.5 Å². The maximum atomic E-state index is 14.3. The van der Waals surface area contributed by atoms with Gasteiger partial charge in [0.05, 0.1) is 51.7 Å². The van der Waals surface area contributed by atoms with Gasteiger partial charge in [0.15, 0.2) is 5.71 Å². The molecular weight excluding hydrogens is 851 g/mol. The second-order valence-electron chi connectivity index (χ2n) is 18.3. The third-order valence-corrected chi connectivity index (χ3v) is 15.7. The number of aliphatic carboxylic acids is 1. The Balaban J connectivity index is 1.17. The van der Waals surface area contributed by atoms with Crippen molar-refractivity contribution in [3.8, 4) is 28.0 Å². The Morgan fingerprint density at radius 3 is 2.20 bits per heavy atom. The number of anilines is 1. The molecular formula is C54H57N3O6S2. The van der Waals surface area contributed by atoms with Gasteiger partial charge in [-0.2, -0.15) is 9.84 Å². The van der Waals surface area contributed by atoms with Crippen molar-refractivity contribution in [1.29, 1.82) is 5.26 Å². The van der Waals surface area contributed by atoms with Gasteiger partial charge in [0.25, 0.3) is 0 Å². The number of carbonyl (C=O) groups is 2. The lowest BCUT2D eigenvalue weighted by molar-refractivity contribution is -0.438. The predicted molar refractivity (Wildman–Crippen MR) is 263 cm³/mol. The van der Waals surface area contributed by atoms with Crippen LogP contribution in [-0.4, -0.2) is 54.5 Å². The first-order chi connectivity index (χ1) is 31.2. The number of allylic oxidation sites excluding steroid dienone is 5. The zero-order chi connectivity index (χ0) is 46.4. The zero-order valence-corrected chi connectivity index (χ0v) is 40.3. The number of aliphatic hydroxyl groups excluding tert-OH is 1. The highest BCUT2D eigenvalue weighted by atomic mass is 32.1. The molecule has 0 spiro atoms. The zero-order valence-electron chi connectivity index (χ0n) is 38.6. The number of rotatable bonds is 17. The molecule has 0 fully saturated rings. The minimum atomic E-state index is -1.53. The van der Waals surface area contributed by atoms with E-state index in [-0.39, 0.29) is 17.0 Å². The molecule has 9 nitrogen and oxygen atoms in total. The lowest BCUT2D eigenvalue weighted by atomic mass is 9.77. The monoisotopic (exact) mass is 907 g/mol. The van der Waals surface area contributed by atoms with E-state index in [4.69, 9.17) is 9.47 Å². The van der Waals surface area contributed by atoms with Crippen molar-refractivity contribution in [2.75, 3.05) is 32.2 Å². The number of thiophene rings is 2. The highest BCUT2D eigenvalue weighted by Crippen LogP contribution is 2.53. The van der Waals surface area contributed by atoms with E-state index in [1.165, 1.54) is 35.1 Å². The molecule has 0 bridgehead atoms. The molecule has 3 aromatic carbocycles. The van der Waals surface area contributed by atoms with Gasteiger partial charge in [-0.1, -0.05) is 78.0 Å². The van der Waals surface area contributed by atoms with E-state index < -0.39 is 17.0 Å². The van der Waals surface area contributed by atoms with E-state index in [0.29, 0.717) is 27.5 Å². The van der Waals surface area contributed by atoms with Crippen LogP contribution in [0.5, 0.6) is 11.5 Å². The van der Waals surface area contributed by atoms with Gasteiger partial charge in [0.1, 0.15) is 29.9 Å². The molecule has 1 N–H and O–H groups in total. The van der Waals surface area contributed by atoms with Gasteiger partial charge < -0.3 is 29.4 Å². The smallest absolute Gasteiger partial charge is 0.209 e. The third-order valence-electron chi connectivity index (χ3n) is 13.4. The number of methoxy groups -OCH3 is 2. The summed E-state index contributed by atoms with van der Waals surface area (Å²) in [6, 6.07) is 20.7. The summed E-state index contributed by atoms with van der Waals surface area (Å²) in [5, 5.41) is 34.3. The van der Waals surface area contributed by atoms with E-state index in [0.717, 1.165) is 111 Å². The van der Waals surface area contributed by atoms with Gasteiger partial charge >= 0.3 is 0 Å². The molecule has 4 heterocycles. The number of fused-ring (bicyclic) bond motifs is 4. The molecule has 0 atom stereocenters. The highest BCUT2D eigenvalue weighted by Gasteiger charge is 2.47. The van der Waals surface area contributed by atoms with E-state index in [1.54, 1.807) is 31.6 Å². The topological polar surface area (TPSA) is 126 Å². The molecule has 0 unspecified atom stereocenters. The van der Waals surface area contributed by atoms with Crippen LogP contribution in [0.25, 0.3) is 36.7 Å². The SMILES string of the molecule is CCCCCCN1C(=CC2=C(O)C(=CC3=[N+](CCCCCC)c4ccc(-c5cc6c(OC)c7sc(/C=C(\C#N)C(=O)[O-])cc7c(OC)c6s5)cc4C3(C)C)C2=O)C(C)(C)c2ccccc21. The number of hydrogen-bond donors (Lipinski definition) is 1. The number of benzene rings is 3. The Bertz CT molecular complexity index is 2910. The molecule has 65 heavy (non-hydrogen) atoms. The quantitative estimate of drug-likeness (QED) is 0.0423. The summed E-state index contributed by atoms with van der Waals surface area (Å²) in [6.07, 6.45) is 14.1. The summed E-state index contributed by atoms with van der Waals surface area (Å²) in [4.78, 5) is 29.7. The number of carbonyl (C=O) groups excluding carboxylic acids is 2. The number of aliphatic hydroxyl groups is 1. The second-order valence-corrected chi connectivity index (χ2v) is 20.4. The number of ketones is 1. The van der Waals surface area contributed by atoms with Crippen molar-refractivity contribution in [1.82, 2.24) is 0 Å². The fourth-order valence-electron chi connectivity index (χ4n) is 9.87. The molecule has 0 saturated carbocycles. The lowest BCUT2D eigenvalue weighted by Gasteiger charge is -2.29. The number of carboxylic acids is 1. The second kappa shape index (κ2) is 18.1. The first-order valence-corrected chi connectivity index (χ1v) is 24.4. The summed E-state index contributed by atoms with van der Waals surface area (Å²) in [5.41, 5.74) is 7.09. The maximum Gasteiger partial charge on any atom is 0.209 e. The first-order valence-electron chi connectivity index (χ1n) is 22.7. The number of ether oxygens (including phenoxy) is 2. The standard InChI is InChI=1S/C54H57N3O6S2/c1-9-11-13-17-23-56-41-20-16-15-19-39(41)53(3,4)44(56)29-35-46(58)36(47(35)59)30-45-54(5,6)40-26-32(21-22-42(40)57(45)24-18-14-12-10-2)43-28-38-49(63-8)50-37(48(62-7)51(38)65-43)27-34(64-50)25-33(31-55)52(60)61/h15-16,19-22,25-30H,9-14,17-18,23-24H2,1-8H3,(H-,58,59,60,61)/b33-25+. The molecule has 3 aliphatic rings. The molecule has 8 rings (SSSR count). The van der Waals surface area contributed by atoms with Crippen molar-refractivity contribution in [3.05, 3.63) is 111 Å². The molecule has 2 aliphatic heterocycles. The number of unbranched alkanes of at least 4 members (excludes halogenated alkanes) is 6. The highest BCUT2D eigenvalue weighted by molar-refractivity contribution is 7.23. The van der Waals surface area contributed by atoms with Crippen LogP contribution in [0.1, 0.15) is 109 Å². The Labute approximate surface area is 389 Å². The Kier molecular flexibility index (Phi) is 12.7. The van der Waals surface area contributed by atoms with Crippen LogP contribution in [0.15, 0.2) is 94.9 Å². The minimum Gasteiger partial charge on any atom is -0.544 e. The van der Waals surface area contributed by atoms with Gasteiger partial charge in [-0.3, -0.25) is 4.79 Å². The Morgan fingerprint density at radius 2 is 1.54 bits per heavy atom. The molecule has 0 radical (unpaired) electrons. The number of hydrogen-bond acceptors (Lipinski definition) is 10. The van der Waals surface area contributed by atoms with Gasteiger partial charge in [0.2, 0.25) is 11.5 Å². The van der Waals surface area contributed by atoms with Gasteiger partial charge in [-0.05, 0) is 80.3 Å². The third kappa shape index (κ3) is 7.89. The van der Waals surface area contributed by atoms with Crippen LogP contribution >= 0.6 is 22.7 Å². The Hall–Kier alpha value is -5.96. The number of nitrogens with zero attached hydrogens (tertiary/aromatic N) is 3. The van der Waals surface area contributed by atoms with Crippen molar-refractivity contribution < 1.29 is 33.9 Å². The van der Waals surface area contributed by atoms with Crippen LogP contribution in [0.2, 0.25) is 0 Å². The molecule has 2 aromatic heterocycles. The minimum absolute atomic E-state index is 0.0479. The van der Waals surface area contributed by atoms with Gasteiger partial charge in [-0.25, -0.2) is 0 Å². The first kappa shape index (κ1) is 45.6. The van der Waals surface area contributed by atoms with Crippen LogP contribution in [0.3, 0.4) is 0 Å². The van der Waals surface area contributed by atoms with Gasteiger partial charge in [-0.15, -0.1) is 22.7 Å². The largest absolute Gasteiger partial charge is 0.544 e. The molecule has 11 heteroatoms. The normalized spacial score (nSPS) is 17.7. The maximum absolute atomic E-state index is 14.3. The molecule has 0 saturated heterocycles. The summed E-state index contributed by atoms with van der Waals surface area (Å²) < 4.78 is 16.0. The summed E-state index contributed by atoms with van der Waals surface area (Å²) in [5.74, 6) is -0.334.